The van der Waals surface area contributed by atoms with E-state index in [1.807, 2.05) is 63.4 Å². The van der Waals surface area contributed by atoms with Crippen LogP contribution in [-0.2, 0) is 20.5 Å². The number of ether oxygens (including phenoxy) is 2. The van der Waals surface area contributed by atoms with Crippen molar-refractivity contribution in [3.8, 4) is 5.75 Å². The Balaban J connectivity index is 1.04. The summed E-state index contributed by atoms with van der Waals surface area (Å²) in [6, 6.07) is 14.8. The van der Waals surface area contributed by atoms with Crippen molar-refractivity contribution in [3.05, 3.63) is 93.2 Å². The summed E-state index contributed by atoms with van der Waals surface area (Å²) in [6.07, 6.45) is 8.20. The van der Waals surface area contributed by atoms with E-state index >= 15 is 0 Å². The van der Waals surface area contributed by atoms with Crippen LogP contribution in [0, 0.1) is 0 Å². The Morgan fingerprint density at radius 2 is 1.70 bits per heavy atom. The minimum absolute atomic E-state index is 0.111. The van der Waals surface area contributed by atoms with Crippen molar-refractivity contribution in [1.82, 2.24) is 29.9 Å². The second kappa shape index (κ2) is 17.9. The highest BCUT2D eigenvalue weighted by Gasteiger charge is 2.44. The molecule has 3 aromatic rings. The number of benzene rings is 2. The van der Waals surface area contributed by atoms with Gasteiger partial charge in [-0.2, -0.15) is 5.11 Å². The number of carbonyl (C=O) groups is 3. The van der Waals surface area contributed by atoms with Gasteiger partial charge >= 0.3 is 12.0 Å². The van der Waals surface area contributed by atoms with Crippen LogP contribution in [0.25, 0.3) is 0 Å². The van der Waals surface area contributed by atoms with E-state index in [1.165, 1.54) is 0 Å². The van der Waals surface area contributed by atoms with E-state index in [4.69, 9.17) is 32.7 Å². The van der Waals surface area contributed by atoms with Gasteiger partial charge in [-0.05, 0) is 91.4 Å². The van der Waals surface area contributed by atoms with Crippen molar-refractivity contribution in [1.29, 1.82) is 0 Å². The molecular weight excluding hydrogens is 769 g/mol. The first-order valence-electron chi connectivity index (χ1n) is 19.6. The summed E-state index contributed by atoms with van der Waals surface area (Å²) in [5.41, 5.74) is 2.37. The van der Waals surface area contributed by atoms with Gasteiger partial charge in [0.15, 0.2) is 0 Å². The first-order valence-corrected chi connectivity index (χ1v) is 20.3. The second-order valence-electron chi connectivity index (χ2n) is 15.2. The zero-order valence-electron chi connectivity index (χ0n) is 32.4. The zero-order chi connectivity index (χ0) is 40.0. The molecule has 0 spiro atoms. The third-order valence-corrected chi connectivity index (χ3v) is 12.6. The van der Waals surface area contributed by atoms with Gasteiger partial charge in [0.1, 0.15) is 11.8 Å². The van der Waals surface area contributed by atoms with E-state index in [1.54, 1.807) is 32.5 Å². The maximum atomic E-state index is 14.3. The summed E-state index contributed by atoms with van der Waals surface area (Å²) < 4.78 is 10.8. The van der Waals surface area contributed by atoms with Crippen molar-refractivity contribution in [2.45, 2.75) is 49.6 Å². The van der Waals surface area contributed by atoms with Gasteiger partial charge in [-0.15, -0.1) is 5.10 Å². The molecule has 5 heterocycles. The molecular formula is C41H49Cl2N9O5. The SMILES string of the molecule is CCOC(=O)CN1CCN(C(=O)NC2(c3cccnc3)CCN(CCC3(c4ccc(Cl)c(Cl)c4)CCN(C(=O)c4cc(C5C=NN=N5)ccc4OC)C3)CC2)CC1. The normalized spacial score (nSPS) is 22.1. The fourth-order valence-electron chi connectivity index (χ4n) is 8.51. The number of nitrogens with one attached hydrogen (secondary N) is 1. The predicted octanol–water partition coefficient (Wildman–Crippen LogP) is 5.95. The maximum Gasteiger partial charge on any atom is 0.320 e. The quantitative estimate of drug-likeness (QED) is 0.221. The first-order chi connectivity index (χ1) is 27.6. The first kappa shape index (κ1) is 40.6. The fourth-order valence-corrected chi connectivity index (χ4v) is 8.81. The van der Waals surface area contributed by atoms with Crippen molar-refractivity contribution >= 4 is 47.3 Å². The largest absolute Gasteiger partial charge is 0.496 e. The average molecular weight is 819 g/mol. The Morgan fingerprint density at radius 3 is 2.39 bits per heavy atom. The van der Waals surface area contributed by atoms with Crippen LogP contribution in [0.3, 0.4) is 0 Å². The number of urea groups is 1. The smallest absolute Gasteiger partial charge is 0.320 e. The van der Waals surface area contributed by atoms with Crippen LogP contribution in [-0.4, -0.2) is 128 Å². The summed E-state index contributed by atoms with van der Waals surface area (Å²) in [7, 11) is 1.57. The molecule has 2 unspecified atom stereocenters. The number of methoxy groups -OCH3 is 1. The lowest BCUT2D eigenvalue weighted by Crippen LogP contribution is -2.59. The van der Waals surface area contributed by atoms with Crippen molar-refractivity contribution in [3.63, 3.8) is 0 Å². The summed E-state index contributed by atoms with van der Waals surface area (Å²) in [4.78, 5) is 52.7. The Labute approximate surface area is 343 Å². The van der Waals surface area contributed by atoms with Gasteiger partial charge in [-0.25, -0.2) is 4.79 Å². The maximum absolute atomic E-state index is 14.3. The van der Waals surface area contributed by atoms with Crippen molar-refractivity contribution in [2.75, 3.05) is 79.2 Å². The molecule has 0 aliphatic carbocycles. The van der Waals surface area contributed by atoms with Gasteiger partial charge in [0, 0.05) is 70.2 Å². The molecule has 3 saturated heterocycles. The Hall–Kier alpha value is -4.63. The number of esters is 1. The summed E-state index contributed by atoms with van der Waals surface area (Å²) >= 11 is 13.0. The van der Waals surface area contributed by atoms with Crippen LogP contribution in [0.4, 0.5) is 4.79 Å². The molecule has 4 aliphatic rings. The average Bonchev–Trinajstić information content (AvgIpc) is 3.94. The molecule has 7 rings (SSSR count). The second-order valence-corrected chi connectivity index (χ2v) is 16.0. The highest BCUT2D eigenvalue weighted by Crippen LogP contribution is 2.42. The van der Waals surface area contributed by atoms with Gasteiger partial charge in [-0.3, -0.25) is 19.5 Å². The fraction of sp³-hybridized carbons (Fsp3) is 0.488. The van der Waals surface area contributed by atoms with E-state index < -0.39 is 5.54 Å². The summed E-state index contributed by atoms with van der Waals surface area (Å²) in [5.74, 6) is 0.139. The molecule has 302 valence electrons. The molecule has 16 heteroatoms. The zero-order valence-corrected chi connectivity index (χ0v) is 33.9. The van der Waals surface area contributed by atoms with E-state index in [9.17, 15) is 14.4 Å². The van der Waals surface area contributed by atoms with E-state index in [0.29, 0.717) is 80.1 Å². The number of aromatic nitrogens is 1. The standard InChI is InChI=1S/C41H49Cl2N9O5/c1-3-57-37(53)27-50-19-21-51(22-20-50)39(55)46-41(31-5-4-14-44-25-31)12-16-49(17-13-41)15-10-40(30-7-8-33(42)34(43)24-30)11-18-52(28-40)38(54)32-23-29(6-9-36(32)56-2)35-26-45-48-47-35/h4-9,14,23-26,35H,3,10-13,15-22,27-28H2,1-2H3,(H,46,55). The topological polar surface area (TPSA) is 145 Å². The summed E-state index contributed by atoms with van der Waals surface area (Å²) in [6.45, 7) is 7.99. The number of amides is 3. The number of halogens is 2. The Morgan fingerprint density at radius 1 is 0.895 bits per heavy atom. The molecule has 0 saturated carbocycles. The number of likely N-dealkylation sites (tertiary alicyclic amines) is 2. The lowest BCUT2D eigenvalue weighted by Gasteiger charge is -2.45. The number of rotatable bonds is 12. The van der Waals surface area contributed by atoms with Crippen LogP contribution in [0.5, 0.6) is 5.75 Å². The third kappa shape index (κ3) is 9.09. The number of nitrogens with zero attached hydrogens (tertiary/aromatic N) is 8. The minimum Gasteiger partial charge on any atom is -0.496 e. The van der Waals surface area contributed by atoms with E-state index in [-0.39, 0.29) is 35.9 Å². The molecule has 3 fully saturated rings. The van der Waals surface area contributed by atoms with Gasteiger partial charge in [0.2, 0.25) is 0 Å². The number of pyridine rings is 1. The molecule has 14 nitrogen and oxygen atoms in total. The summed E-state index contributed by atoms with van der Waals surface area (Å²) in [5, 5.41) is 16.2. The van der Waals surface area contributed by atoms with Gasteiger partial charge in [-0.1, -0.05) is 41.4 Å². The molecule has 1 N–H and O–H groups in total. The number of hydrogen-bond donors (Lipinski definition) is 1. The minimum atomic E-state index is -0.582. The van der Waals surface area contributed by atoms with Crippen LogP contribution < -0.4 is 10.1 Å². The van der Waals surface area contributed by atoms with Crippen LogP contribution in [0.1, 0.15) is 65.7 Å². The van der Waals surface area contributed by atoms with Crippen molar-refractivity contribution < 1.29 is 23.9 Å². The predicted molar refractivity (Wildman–Crippen MR) is 217 cm³/mol. The van der Waals surface area contributed by atoms with E-state index in [2.05, 4.69) is 30.6 Å². The van der Waals surface area contributed by atoms with E-state index in [0.717, 1.165) is 49.2 Å². The van der Waals surface area contributed by atoms with Crippen molar-refractivity contribution in [2.24, 2.45) is 15.4 Å². The number of hydrogen-bond acceptors (Lipinski definition) is 11. The lowest BCUT2D eigenvalue weighted by atomic mass is 9.76. The molecule has 57 heavy (non-hydrogen) atoms. The Kier molecular flexibility index (Phi) is 12.7. The number of piperidine rings is 1. The molecule has 0 bridgehead atoms. The molecule has 2 atom stereocenters. The molecule has 4 aliphatic heterocycles. The van der Waals surface area contributed by atoms with Crippen LogP contribution in [0.15, 0.2) is 76.4 Å². The molecule has 2 aromatic carbocycles. The number of piperazine rings is 1. The van der Waals surface area contributed by atoms with Crippen LogP contribution in [0.2, 0.25) is 10.0 Å². The highest BCUT2D eigenvalue weighted by molar-refractivity contribution is 6.42. The van der Waals surface area contributed by atoms with Gasteiger partial charge < -0.3 is 29.5 Å². The van der Waals surface area contributed by atoms with Gasteiger partial charge in [0.05, 0.1) is 47.6 Å². The third-order valence-electron chi connectivity index (χ3n) is 11.9. The molecule has 3 amide bonds. The number of carbonyl (C=O) groups excluding carboxylic acids is 3. The molecule has 0 radical (unpaired) electrons. The lowest BCUT2D eigenvalue weighted by molar-refractivity contribution is -0.144. The highest BCUT2D eigenvalue weighted by atomic mass is 35.5. The van der Waals surface area contributed by atoms with Crippen LogP contribution >= 0.6 is 23.2 Å². The molecule has 1 aromatic heterocycles. The Bertz CT molecular complexity index is 1970. The van der Waals surface area contributed by atoms with Gasteiger partial charge in [0.25, 0.3) is 5.91 Å². The monoisotopic (exact) mass is 817 g/mol.